The Morgan fingerprint density at radius 1 is 0.652 bits per heavy atom. The van der Waals surface area contributed by atoms with Gasteiger partial charge in [0.2, 0.25) is 12.2 Å². The second-order valence-electron chi connectivity index (χ2n) is 8.42. The van der Waals surface area contributed by atoms with Gasteiger partial charge in [-0.05, 0) is 62.2 Å². The quantitative estimate of drug-likeness (QED) is 0.566. The van der Waals surface area contributed by atoms with Crippen molar-refractivity contribution in [2.24, 2.45) is 45.5 Å². The molecule has 2 saturated carbocycles. The van der Waals surface area contributed by atoms with Crippen molar-refractivity contribution in [1.29, 1.82) is 0 Å². The summed E-state index contributed by atoms with van der Waals surface area (Å²) >= 11 is 0. The molecule has 23 heavy (non-hydrogen) atoms. The van der Waals surface area contributed by atoms with E-state index in [9.17, 15) is 9.59 Å². The van der Waals surface area contributed by atoms with E-state index in [0.717, 1.165) is 25.7 Å². The van der Waals surface area contributed by atoms with Gasteiger partial charge in [0.1, 0.15) is 0 Å². The van der Waals surface area contributed by atoms with Crippen molar-refractivity contribution in [3.8, 4) is 0 Å². The second kappa shape index (κ2) is 7.55. The van der Waals surface area contributed by atoms with E-state index in [0.29, 0.717) is 23.7 Å². The molecule has 128 valence electrons. The molecule has 0 spiro atoms. The Morgan fingerprint density at radius 2 is 0.957 bits per heavy atom. The van der Waals surface area contributed by atoms with Crippen molar-refractivity contribution in [1.82, 2.24) is 0 Å². The van der Waals surface area contributed by atoms with Gasteiger partial charge in [0.25, 0.3) is 0 Å². The smallest absolute Gasteiger partial charge is 0.211 e. The third kappa shape index (κ3) is 4.00. The summed E-state index contributed by atoms with van der Waals surface area (Å²) in [6.07, 6.45) is 9.78. The van der Waals surface area contributed by atoms with Crippen LogP contribution in [0, 0.1) is 35.5 Å². The van der Waals surface area contributed by atoms with Crippen molar-refractivity contribution >= 4 is 12.2 Å². The minimum Gasteiger partial charge on any atom is -0.211 e. The normalized spacial score (nSPS) is 40.3. The highest BCUT2D eigenvalue weighted by molar-refractivity contribution is 5.40. The zero-order chi connectivity index (χ0) is 17.0. The van der Waals surface area contributed by atoms with E-state index >= 15 is 0 Å². The van der Waals surface area contributed by atoms with Crippen LogP contribution in [0.15, 0.2) is 9.98 Å². The molecule has 4 atom stereocenters. The van der Waals surface area contributed by atoms with Crippen LogP contribution in [0.3, 0.4) is 0 Å². The molecule has 2 aliphatic rings. The van der Waals surface area contributed by atoms with E-state index in [1.54, 1.807) is 12.2 Å². The van der Waals surface area contributed by atoms with E-state index in [2.05, 4.69) is 37.7 Å². The lowest BCUT2D eigenvalue weighted by atomic mass is 9.63. The van der Waals surface area contributed by atoms with Crippen molar-refractivity contribution < 1.29 is 9.59 Å². The van der Waals surface area contributed by atoms with Crippen molar-refractivity contribution in [2.45, 2.75) is 71.9 Å². The molecule has 4 heteroatoms. The van der Waals surface area contributed by atoms with Crippen LogP contribution >= 0.6 is 0 Å². The third-order valence-electron chi connectivity index (χ3n) is 6.01. The molecular weight excluding hydrogens is 288 g/mol. The Balaban J connectivity index is 2.42. The number of nitrogens with zero attached hydrogens (tertiary/aromatic N) is 2. The number of hydrogen-bond acceptors (Lipinski definition) is 4. The molecule has 0 aliphatic heterocycles. The fraction of sp³-hybridized carbons (Fsp3) is 0.895. The lowest BCUT2D eigenvalue weighted by Gasteiger charge is -2.46. The van der Waals surface area contributed by atoms with Crippen molar-refractivity contribution in [2.75, 3.05) is 0 Å². The highest BCUT2D eigenvalue weighted by Gasteiger charge is 2.50. The molecule has 0 N–H and O–H groups in total. The van der Waals surface area contributed by atoms with Gasteiger partial charge in [-0.1, -0.05) is 27.7 Å². The van der Waals surface area contributed by atoms with Crippen LogP contribution in [0.1, 0.15) is 66.2 Å². The summed E-state index contributed by atoms with van der Waals surface area (Å²) in [6, 6.07) is 0. The molecule has 0 aromatic carbocycles. The average Bonchev–Trinajstić information content (AvgIpc) is 2.44. The maximum Gasteiger partial charge on any atom is 0.237 e. The first-order valence-electron chi connectivity index (χ1n) is 9.09. The maximum atomic E-state index is 11.2. The predicted octanol–water partition coefficient (Wildman–Crippen LogP) is 4.50. The monoisotopic (exact) mass is 318 g/mol. The second-order valence-corrected chi connectivity index (χ2v) is 8.42. The molecule has 4 unspecified atom stereocenters. The average molecular weight is 318 g/mol. The van der Waals surface area contributed by atoms with Gasteiger partial charge in [0.05, 0.1) is 0 Å². The minimum absolute atomic E-state index is 0.145. The van der Waals surface area contributed by atoms with Gasteiger partial charge in [0.15, 0.2) is 5.66 Å². The molecular formula is C19H30N2O2. The number of isocyanates is 2. The first-order valence-corrected chi connectivity index (χ1v) is 9.09. The Kier molecular flexibility index (Phi) is 5.95. The van der Waals surface area contributed by atoms with E-state index in [4.69, 9.17) is 0 Å². The molecule has 0 radical (unpaired) electrons. The van der Waals surface area contributed by atoms with Gasteiger partial charge >= 0.3 is 0 Å². The van der Waals surface area contributed by atoms with Crippen LogP contribution < -0.4 is 0 Å². The largest absolute Gasteiger partial charge is 0.237 e. The molecule has 0 heterocycles. The van der Waals surface area contributed by atoms with Gasteiger partial charge in [-0.25, -0.2) is 9.59 Å². The standard InChI is InChI=1S/C19H30N2O2/c1-13-5-14(2)8-17(7-13)19(20-11-22,21-12-23)18-9-15(3)6-16(4)10-18/h13-18H,5-10H2,1-4H3. The van der Waals surface area contributed by atoms with Crippen LogP contribution in [0.2, 0.25) is 0 Å². The zero-order valence-electron chi connectivity index (χ0n) is 14.9. The molecule has 2 fully saturated rings. The molecule has 0 aromatic rings. The van der Waals surface area contributed by atoms with E-state index in [1.165, 1.54) is 12.8 Å². The molecule has 2 rings (SSSR count). The van der Waals surface area contributed by atoms with Crippen molar-refractivity contribution in [3.63, 3.8) is 0 Å². The molecule has 2 aliphatic carbocycles. The van der Waals surface area contributed by atoms with E-state index in [1.807, 2.05) is 0 Å². The van der Waals surface area contributed by atoms with Gasteiger partial charge in [0, 0.05) is 11.8 Å². The third-order valence-corrected chi connectivity index (χ3v) is 6.01. The summed E-state index contributed by atoms with van der Waals surface area (Å²) in [5.74, 6) is 2.59. The molecule has 0 aromatic heterocycles. The maximum absolute atomic E-state index is 11.2. The lowest BCUT2D eigenvalue weighted by molar-refractivity contribution is 0.0548. The Labute approximate surface area is 139 Å². The molecule has 4 nitrogen and oxygen atoms in total. The zero-order valence-corrected chi connectivity index (χ0v) is 14.9. The van der Waals surface area contributed by atoms with Crippen molar-refractivity contribution in [3.05, 3.63) is 0 Å². The van der Waals surface area contributed by atoms with Gasteiger partial charge in [-0.2, -0.15) is 9.98 Å². The van der Waals surface area contributed by atoms with Crippen LogP contribution in [0.4, 0.5) is 0 Å². The summed E-state index contributed by atoms with van der Waals surface area (Å²) in [7, 11) is 0. The molecule has 0 saturated heterocycles. The van der Waals surface area contributed by atoms with Gasteiger partial charge in [-0.3, -0.25) is 0 Å². The Morgan fingerprint density at radius 3 is 1.22 bits per heavy atom. The number of hydrogen-bond donors (Lipinski definition) is 0. The first-order chi connectivity index (χ1) is 10.9. The number of rotatable bonds is 4. The molecule has 0 bridgehead atoms. The van der Waals surface area contributed by atoms with E-state index in [-0.39, 0.29) is 11.8 Å². The number of aliphatic imine (C=N–C) groups is 2. The van der Waals surface area contributed by atoms with E-state index < -0.39 is 5.66 Å². The highest BCUT2D eigenvalue weighted by atomic mass is 16.1. The minimum atomic E-state index is -0.935. The van der Waals surface area contributed by atoms with Gasteiger partial charge in [-0.15, -0.1) is 0 Å². The van der Waals surface area contributed by atoms with Crippen LogP contribution in [-0.4, -0.2) is 17.8 Å². The Hall–Kier alpha value is -1.24. The summed E-state index contributed by atoms with van der Waals surface area (Å²) in [5, 5.41) is 0. The fourth-order valence-corrected chi connectivity index (χ4v) is 5.46. The summed E-state index contributed by atoms with van der Waals surface area (Å²) in [4.78, 5) is 30.8. The lowest BCUT2D eigenvalue weighted by Crippen LogP contribution is -2.47. The topological polar surface area (TPSA) is 58.9 Å². The van der Waals surface area contributed by atoms with Crippen LogP contribution in [0.5, 0.6) is 0 Å². The van der Waals surface area contributed by atoms with Crippen LogP contribution in [-0.2, 0) is 9.59 Å². The predicted molar refractivity (Wildman–Crippen MR) is 90.3 cm³/mol. The SMILES string of the molecule is CC1CC(C)CC(C(N=C=O)(N=C=O)C2CC(C)CC(C)C2)C1. The fourth-order valence-electron chi connectivity index (χ4n) is 5.46. The highest BCUT2D eigenvalue weighted by Crippen LogP contribution is 2.50. The molecule has 0 amide bonds. The summed E-state index contributed by atoms with van der Waals surface area (Å²) < 4.78 is 0. The van der Waals surface area contributed by atoms with Crippen LogP contribution in [0.25, 0.3) is 0 Å². The van der Waals surface area contributed by atoms with Gasteiger partial charge < -0.3 is 0 Å². The Bertz CT molecular complexity index is 439. The summed E-state index contributed by atoms with van der Waals surface area (Å²) in [6.45, 7) is 8.98. The number of carbonyl (C=O) groups excluding carboxylic acids is 2. The first kappa shape index (κ1) is 18.1. The summed E-state index contributed by atoms with van der Waals surface area (Å²) in [5.41, 5.74) is -0.935.